The van der Waals surface area contributed by atoms with Gasteiger partial charge in [-0.2, -0.15) is 0 Å². The predicted octanol–water partition coefficient (Wildman–Crippen LogP) is 6.40. The average molecular weight is 445 g/mol. The van der Waals surface area contributed by atoms with E-state index in [1.807, 2.05) is 0 Å². The van der Waals surface area contributed by atoms with Crippen molar-refractivity contribution in [3.05, 3.63) is 121 Å². The molecule has 2 aliphatic rings. The molecule has 6 aromatic rings. The maximum atomic E-state index is 6.50. The van der Waals surface area contributed by atoms with Crippen molar-refractivity contribution in [3.63, 3.8) is 0 Å². The SMILES string of the molecule is c1ccc(N2c3cccc4c3B(c3ccccc3O4)c3c2c2ccccc2c2ccccc32)cc1. The highest BCUT2D eigenvalue weighted by Crippen LogP contribution is 2.45. The van der Waals surface area contributed by atoms with Gasteiger partial charge in [0.05, 0.1) is 0 Å². The molecule has 3 heteroatoms. The van der Waals surface area contributed by atoms with E-state index in [1.165, 1.54) is 49.3 Å². The van der Waals surface area contributed by atoms with Crippen LogP contribution in [0, 0.1) is 0 Å². The lowest BCUT2D eigenvalue weighted by atomic mass is 9.33. The Labute approximate surface area is 204 Å². The molecule has 0 saturated heterocycles. The van der Waals surface area contributed by atoms with Crippen molar-refractivity contribution in [2.24, 2.45) is 0 Å². The summed E-state index contributed by atoms with van der Waals surface area (Å²) >= 11 is 0. The molecule has 0 radical (unpaired) electrons. The minimum Gasteiger partial charge on any atom is -0.458 e. The van der Waals surface area contributed by atoms with Crippen molar-refractivity contribution in [2.75, 3.05) is 4.90 Å². The first-order valence-corrected chi connectivity index (χ1v) is 12.1. The summed E-state index contributed by atoms with van der Waals surface area (Å²) in [6.45, 7) is 0.0932. The van der Waals surface area contributed by atoms with Crippen LogP contribution in [-0.4, -0.2) is 6.71 Å². The molecule has 0 N–H and O–H groups in total. The van der Waals surface area contributed by atoms with Gasteiger partial charge in [-0.15, -0.1) is 0 Å². The van der Waals surface area contributed by atoms with E-state index < -0.39 is 0 Å². The molecule has 8 rings (SSSR count). The van der Waals surface area contributed by atoms with E-state index in [2.05, 4.69) is 126 Å². The average Bonchev–Trinajstić information content (AvgIpc) is 2.93. The van der Waals surface area contributed by atoms with Crippen molar-refractivity contribution >= 4 is 61.7 Å². The van der Waals surface area contributed by atoms with Gasteiger partial charge in [0.1, 0.15) is 11.5 Å². The molecule has 0 unspecified atom stereocenters. The number of hydrogen-bond acceptors (Lipinski definition) is 2. The molecule has 0 atom stereocenters. The Balaban J connectivity index is 1.62. The van der Waals surface area contributed by atoms with E-state index in [4.69, 9.17) is 4.74 Å². The van der Waals surface area contributed by atoms with Gasteiger partial charge in [-0.25, -0.2) is 0 Å². The van der Waals surface area contributed by atoms with Gasteiger partial charge in [0.15, 0.2) is 0 Å². The zero-order valence-electron chi connectivity index (χ0n) is 19.0. The Hall–Kier alpha value is -4.50. The minimum atomic E-state index is 0.0932. The number of para-hydroxylation sites is 2. The highest BCUT2D eigenvalue weighted by molar-refractivity contribution is 7.01. The summed E-state index contributed by atoms with van der Waals surface area (Å²) in [5, 5.41) is 5.14. The van der Waals surface area contributed by atoms with Crippen molar-refractivity contribution in [2.45, 2.75) is 0 Å². The monoisotopic (exact) mass is 445 g/mol. The van der Waals surface area contributed by atoms with Crippen molar-refractivity contribution in [3.8, 4) is 11.5 Å². The topological polar surface area (TPSA) is 12.5 Å². The number of ether oxygens (including phenoxy) is 1. The Morgan fingerprint density at radius 2 is 1.11 bits per heavy atom. The Morgan fingerprint density at radius 3 is 1.94 bits per heavy atom. The maximum absolute atomic E-state index is 6.50. The van der Waals surface area contributed by atoms with Crippen LogP contribution in [0.1, 0.15) is 0 Å². The molecule has 0 amide bonds. The Kier molecular flexibility index (Phi) is 3.78. The van der Waals surface area contributed by atoms with Crippen LogP contribution in [0.2, 0.25) is 0 Å². The molecule has 0 aliphatic carbocycles. The van der Waals surface area contributed by atoms with Gasteiger partial charge in [0.2, 0.25) is 0 Å². The molecule has 2 nitrogen and oxygen atoms in total. The standard InChI is InChI=1S/C32H20BNO/c1-2-11-21(12-3-1)34-27-18-10-20-29-31(27)33(26-17-8-9-19-28(26)35-29)30-24-15-6-4-13-22(24)23-14-5-7-16-25(23)32(30)34/h1-20H. The zero-order chi connectivity index (χ0) is 22.9. The van der Waals surface area contributed by atoms with Crippen LogP contribution in [0.4, 0.5) is 17.1 Å². The van der Waals surface area contributed by atoms with Gasteiger partial charge in [0.25, 0.3) is 6.71 Å². The lowest BCUT2D eigenvalue weighted by Gasteiger charge is -2.41. The van der Waals surface area contributed by atoms with Crippen LogP contribution in [0.5, 0.6) is 11.5 Å². The zero-order valence-corrected chi connectivity index (χ0v) is 19.0. The van der Waals surface area contributed by atoms with Gasteiger partial charge >= 0.3 is 0 Å². The van der Waals surface area contributed by atoms with Crippen LogP contribution in [0.3, 0.4) is 0 Å². The first kappa shape index (κ1) is 18.9. The summed E-state index contributed by atoms with van der Waals surface area (Å²) in [6.07, 6.45) is 0. The fourth-order valence-corrected chi connectivity index (χ4v) is 6.14. The molecule has 2 aliphatic heterocycles. The van der Waals surface area contributed by atoms with Gasteiger partial charge < -0.3 is 9.64 Å². The number of benzene rings is 6. The molecule has 0 spiro atoms. The van der Waals surface area contributed by atoms with Crippen LogP contribution in [0.25, 0.3) is 21.5 Å². The maximum Gasteiger partial charge on any atom is 0.257 e. The van der Waals surface area contributed by atoms with Crippen molar-refractivity contribution in [1.29, 1.82) is 0 Å². The summed E-state index contributed by atoms with van der Waals surface area (Å²) in [5.41, 5.74) is 7.40. The predicted molar refractivity (Wildman–Crippen MR) is 147 cm³/mol. The molecule has 6 aromatic carbocycles. The second kappa shape index (κ2) is 7.00. The molecular weight excluding hydrogens is 425 g/mol. The quantitative estimate of drug-likeness (QED) is 0.214. The molecule has 0 saturated carbocycles. The molecule has 0 aromatic heterocycles. The highest BCUT2D eigenvalue weighted by atomic mass is 16.5. The third kappa shape index (κ3) is 2.50. The number of hydrogen-bond donors (Lipinski definition) is 0. The summed E-state index contributed by atoms with van der Waals surface area (Å²) in [7, 11) is 0. The number of nitrogens with zero attached hydrogens (tertiary/aromatic N) is 1. The molecule has 35 heavy (non-hydrogen) atoms. The highest BCUT2D eigenvalue weighted by Gasteiger charge is 2.43. The van der Waals surface area contributed by atoms with E-state index in [0.717, 1.165) is 17.2 Å². The lowest BCUT2D eigenvalue weighted by Crippen LogP contribution is -2.59. The lowest BCUT2D eigenvalue weighted by molar-refractivity contribution is 0.487. The fraction of sp³-hybridized carbons (Fsp3) is 0. The van der Waals surface area contributed by atoms with Crippen molar-refractivity contribution in [1.82, 2.24) is 0 Å². The summed E-state index contributed by atoms with van der Waals surface area (Å²) in [4.78, 5) is 2.44. The minimum absolute atomic E-state index is 0.0932. The molecule has 2 heterocycles. The summed E-state index contributed by atoms with van der Waals surface area (Å²) in [5.74, 6) is 1.88. The van der Waals surface area contributed by atoms with Crippen molar-refractivity contribution < 1.29 is 4.74 Å². The van der Waals surface area contributed by atoms with Crippen LogP contribution < -0.4 is 26.0 Å². The van der Waals surface area contributed by atoms with E-state index in [-0.39, 0.29) is 6.71 Å². The molecule has 0 bridgehead atoms. The summed E-state index contributed by atoms with van der Waals surface area (Å²) < 4.78 is 6.50. The third-order valence-corrected chi connectivity index (χ3v) is 7.49. The van der Waals surface area contributed by atoms with Crippen LogP contribution in [-0.2, 0) is 0 Å². The number of fused-ring (bicyclic) bond motifs is 9. The fourth-order valence-electron chi connectivity index (χ4n) is 6.14. The normalized spacial score (nSPS) is 13.3. The van der Waals surface area contributed by atoms with E-state index in [1.54, 1.807) is 0 Å². The van der Waals surface area contributed by atoms with E-state index in [0.29, 0.717) is 0 Å². The largest absolute Gasteiger partial charge is 0.458 e. The van der Waals surface area contributed by atoms with Gasteiger partial charge in [-0.05, 0) is 62.9 Å². The van der Waals surface area contributed by atoms with Gasteiger partial charge in [0, 0.05) is 22.4 Å². The van der Waals surface area contributed by atoms with Gasteiger partial charge in [-0.1, -0.05) is 91.0 Å². The molecule has 162 valence electrons. The Morgan fingerprint density at radius 1 is 0.486 bits per heavy atom. The van der Waals surface area contributed by atoms with Gasteiger partial charge in [-0.3, -0.25) is 0 Å². The third-order valence-electron chi connectivity index (χ3n) is 7.49. The van der Waals surface area contributed by atoms with E-state index in [9.17, 15) is 0 Å². The number of anilines is 3. The van der Waals surface area contributed by atoms with E-state index >= 15 is 0 Å². The molecular formula is C32H20BNO. The second-order valence-corrected chi connectivity index (χ2v) is 9.29. The smallest absolute Gasteiger partial charge is 0.257 e. The first-order valence-electron chi connectivity index (χ1n) is 12.1. The van der Waals surface area contributed by atoms with Crippen LogP contribution >= 0.6 is 0 Å². The molecule has 0 fully saturated rings. The summed E-state index contributed by atoms with van der Waals surface area (Å²) in [6, 6.07) is 43.4. The number of rotatable bonds is 1. The Bertz CT molecular complexity index is 1790. The van der Waals surface area contributed by atoms with Crippen LogP contribution in [0.15, 0.2) is 121 Å². The second-order valence-electron chi connectivity index (χ2n) is 9.29. The first-order chi connectivity index (χ1) is 17.4.